The second kappa shape index (κ2) is 6.50. The van der Waals surface area contributed by atoms with E-state index in [1.54, 1.807) is 7.11 Å². The number of hydrogen-bond acceptors (Lipinski definition) is 4. The van der Waals surface area contributed by atoms with Crippen LogP contribution in [0.1, 0.15) is 19.3 Å². The zero-order valence-corrected chi connectivity index (χ0v) is 11.1. The largest absolute Gasteiger partial charge is 0.383 e. The molecule has 1 amide bonds. The summed E-state index contributed by atoms with van der Waals surface area (Å²) < 4.78 is 10.3. The Labute approximate surface area is 109 Å². The molecule has 2 aliphatic heterocycles. The van der Waals surface area contributed by atoms with Crippen LogP contribution in [0.2, 0.25) is 0 Å². The van der Waals surface area contributed by atoms with E-state index in [-0.39, 0.29) is 5.91 Å². The summed E-state index contributed by atoms with van der Waals surface area (Å²) in [7, 11) is 1.57. The Kier molecular flexibility index (Phi) is 4.97. The molecule has 2 heterocycles. The fourth-order valence-electron chi connectivity index (χ4n) is 3.04. The van der Waals surface area contributed by atoms with Crippen LogP contribution in [0.3, 0.4) is 0 Å². The average Bonchev–Trinajstić information content (AvgIpc) is 2.89. The van der Waals surface area contributed by atoms with Gasteiger partial charge in [0.15, 0.2) is 0 Å². The Balaban J connectivity index is 1.81. The lowest BCUT2D eigenvalue weighted by molar-refractivity contribution is -0.132. The number of likely N-dealkylation sites (tertiary alicyclic amines) is 1. The molecule has 5 nitrogen and oxygen atoms in total. The molecule has 0 aromatic heterocycles. The lowest BCUT2D eigenvalue weighted by atomic mass is 9.85. The molecule has 2 N–H and O–H groups in total. The first-order chi connectivity index (χ1) is 8.72. The third-order valence-electron chi connectivity index (χ3n) is 4.13. The lowest BCUT2D eigenvalue weighted by Crippen LogP contribution is -2.45. The normalized spacial score (nSPS) is 27.4. The van der Waals surface area contributed by atoms with Crippen LogP contribution in [0.15, 0.2) is 0 Å². The zero-order chi connectivity index (χ0) is 13.0. The van der Waals surface area contributed by atoms with E-state index in [1.165, 1.54) is 0 Å². The molecular formula is C13H24N2O3. The summed E-state index contributed by atoms with van der Waals surface area (Å²) in [4.78, 5) is 14.0. The number of carbonyl (C=O) groups excluding carboxylic acids is 1. The van der Waals surface area contributed by atoms with Gasteiger partial charge in [-0.1, -0.05) is 0 Å². The van der Waals surface area contributed by atoms with Gasteiger partial charge >= 0.3 is 0 Å². The van der Waals surface area contributed by atoms with Crippen molar-refractivity contribution in [3.63, 3.8) is 0 Å². The highest BCUT2D eigenvalue weighted by molar-refractivity contribution is 5.82. The molecule has 18 heavy (non-hydrogen) atoms. The minimum atomic E-state index is -0.511. The highest BCUT2D eigenvalue weighted by Crippen LogP contribution is 2.31. The molecule has 0 saturated carbocycles. The molecule has 104 valence electrons. The van der Waals surface area contributed by atoms with Gasteiger partial charge in [-0.3, -0.25) is 4.79 Å². The Hall–Kier alpha value is -0.650. The van der Waals surface area contributed by atoms with Gasteiger partial charge in [-0.15, -0.1) is 0 Å². The van der Waals surface area contributed by atoms with E-state index in [1.807, 2.05) is 4.90 Å². The van der Waals surface area contributed by atoms with E-state index < -0.39 is 6.04 Å². The van der Waals surface area contributed by atoms with Crippen molar-refractivity contribution in [2.24, 2.45) is 17.6 Å². The Morgan fingerprint density at radius 1 is 1.39 bits per heavy atom. The van der Waals surface area contributed by atoms with Crippen molar-refractivity contribution in [1.82, 2.24) is 4.90 Å². The summed E-state index contributed by atoms with van der Waals surface area (Å²) in [6.07, 6.45) is 3.38. The Morgan fingerprint density at radius 2 is 2.11 bits per heavy atom. The van der Waals surface area contributed by atoms with Crippen molar-refractivity contribution in [3.8, 4) is 0 Å². The van der Waals surface area contributed by atoms with Crippen molar-refractivity contribution >= 4 is 5.91 Å². The maximum atomic E-state index is 12.1. The molecule has 0 aliphatic carbocycles. The molecule has 2 saturated heterocycles. The Bertz CT molecular complexity index is 279. The lowest BCUT2D eigenvalue weighted by Gasteiger charge is -2.28. The standard InChI is InChI=1S/C13H24N2O3/c1-17-9-12(14)13(16)15-5-2-11(8-15)10-3-6-18-7-4-10/h10-12H,2-9,14H2,1H3. The SMILES string of the molecule is COCC(N)C(=O)N1CCC(C2CCOCC2)C1. The first-order valence-electron chi connectivity index (χ1n) is 6.83. The van der Waals surface area contributed by atoms with Gasteiger partial charge in [-0.05, 0) is 31.1 Å². The fraction of sp³-hybridized carbons (Fsp3) is 0.923. The van der Waals surface area contributed by atoms with Crippen LogP contribution in [0, 0.1) is 11.8 Å². The maximum absolute atomic E-state index is 12.1. The number of hydrogen-bond donors (Lipinski definition) is 1. The van der Waals surface area contributed by atoms with Gasteiger partial charge in [0.25, 0.3) is 0 Å². The van der Waals surface area contributed by atoms with Gasteiger partial charge in [0.05, 0.1) is 6.61 Å². The highest BCUT2D eigenvalue weighted by Gasteiger charge is 2.34. The van der Waals surface area contributed by atoms with E-state index in [4.69, 9.17) is 15.2 Å². The monoisotopic (exact) mass is 256 g/mol. The third kappa shape index (κ3) is 3.22. The van der Waals surface area contributed by atoms with Crippen molar-refractivity contribution in [2.45, 2.75) is 25.3 Å². The summed E-state index contributed by atoms with van der Waals surface area (Å²) in [5.41, 5.74) is 5.80. The fourth-order valence-corrected chi connectivity index (χ4v) is 3.04. The first-order valence-corrected chi connectivity index (χ1v) is 6.83. The van der Waals surface area contributed by atoms with E-state index >= 15 is 0 Å². The predicted molar refractivity (Wildman–Crippen MR) is 68.1 cm³/mol. The van der Waals surface area contributed by atoms with Crippen LogP contribution in [0.5, 0.6) is 0 Å². The van der Waals surface area contributed by atoms with E-state index in [9.17, 15) is 4.79 Å². The summed E-state index contributed by atoms with van der Waals surface area (Å²) in [5, 5.41) is 0. The van der Waals surface area contributed by atoms with E-state index in [0.717, 1.165) is 51.5 Å². The second-order valence-electron chi connectivity index (χ2n) is 5.34. The molecule has 2 unspecified atom stereocenters. The van der Waals surface area contributed by atoms with Crippen LogP contribution in [0.25, 0.3) is 0 Å². The topological polar surface area (TPSA) is 64.8 Å². The molecule has 0 radical (unpaired) electrons. The minimum Gasteiger partial charge on any atom is -0.383 e. The van der Waals surface area contributed by atoms with Crippen molar-refractivity contribution in [1.29, 1.82) is 0 Å². The predicted octanol–water partition coefficient (Wildman–Crippen LogP) is 0.235. The summed E-state index contributed by atoms with van der Waals surface area (Å²) in [5.74, 6) is 1.38. The third-order valence-corrected chi connectivity index (χ3v) is 4.13. The molecular weight excluding hydrogens is 232 g/mol. The molecule has 0 bridgehead atoms. The quantitative estimate of drug-likeness (QED) is 0.782. The van der Waals surface area contributed by atoms with Gasteiger partial charge in [0, 0.05) is 33.4 Å². The van der Waals surface area contributed by atoms with E-state index in [0.29, 0.717) is 12.5 Å². The summed E-state index contributed by atoms with van der Waals surface area (Å²) >= 11 is 0. The number of methoxy groups -OCH3 is 1. The highest BCUT2D eigenvalue weighted by atomic mass is 16.5. The number of nitrogens with zero attached hydrogens (tertiary/aromatic N) is 1. The molecule has 2 rings (SSSR count). The smallest absolute Gasteiger partial charge is 0.241 e. The van der Waals surface area contributed by atoms with Gasteiger partial charge in [0.1, 0.15) is 6.04 Å². The van der Waals surface area contributed by atoms with Crippen molar-refractivity contribution in [2.75, 3.05) is 40.0 Å². The maximum Gasteiger partial charge on any atom is 0.241 e. The Morgan fingerprint density at radius 3 is 2.78 bits per heavy atom. The molecule has 2 aliphatic rings. The summed E-state index contributed by atoms with van der Waals surface area (Å²) in [6.45, 7) is 3.76. The number of rotatable bonds is 4. The molecule has 2 atom stereocenters. The van der Waals surface area contributed by atoms with Crippen LogP contribution in [-0.4, -0.2) is 56.9 Å². The van der Waals surface area contributed by atoms with Gasteiger partial charge in [-0.2, -0.15) is 0 Å². The van der Waals surface area contributed by atoms with E-state index in [2.05, 4.69) is 0 Å². The van der Waals surface area contributed by atoms with Crippen molar-refractivity contribution in [3.05, 3.63) is 0 Å². The van der Waals surface area contributed by atoms with Crippen LogP contribution in [0.4, 0.5) is 0 Å². The molecule has 0 aromatic carbocycles. The summed E-state index contributed by atoms with van der Waals surface area (Å²) in [6, 6.07) is -0.511. The second-order valence-corrected chi connectivity index (χ2v) is 5.34. The number of carbonyl (C=O) groups is 1. The molecule has 0 spiro atoms. The van der Waals surface area contributed by atoms with Gasteiger partial charge < -0.3 is 20.1 Å². The van der Waals surface area contributed by atoms with Gasteiger partial charge in [0.2, 0.25) is 5.91 Å². The number of amides is 1. The minimum absolute atomic E-state index is 0.0337. The number of nitrogens with two attached hydrogens (primary N) is 1. The first kappa shape index (κ1) is 13.8. The van der Waals surface area contributed by atoms with Crippen LogP contribution < -0.4 is 5.73 Å². The van der Waals surface area contributed by atoms with Crippen LogP contribution in [-0.2, 0) is 14.3 Å². The van der Waals surface area contributed by atoms with Gasteiger partial charge in [-0.25, -0.2) is 0 Å². The van der Waals surface area contributed by atoms with Crippen molar-refractivity contribution < 1.29 is 14.3 Å². The molecule has 2 fully saturated rings. The molecule has 5 heteroatoms. The number of ether oxygens (including phenoxy) is 2. The molecule has 0 aromatic rings. The van der Waals surface area contributed by atoms with Crippen LogP contribution >= 0.6 is 0 Å². The average molecular weight is 256 g/mol. The zero-order valence-electron chi connectivity index (χ0n) is 11.1.